The molecular weight excluding hydrogens is 969 g/mol. The summed E-state index contributed by atoms with van der Waals surface area (Å²) in [6.45, 7) is 4.06. The average molecular weight is 1040 g/mol. The number of carboxylic acids is 1. The number of unbranched alkanes of at least 4 members (excludes halogenated alkanes) is 2. The zero-order valence-corrected chi connectivity index (χ0v) is 42.1. The molecule has 1 rings (SSSR count). The van der Waals surface area contributed by atoms with Gasteiger partial charge in [-0.3, -0.25) is 43.2 Å². The minimum Gasteiger partial charge on any atom is -0.480 e. The van der Waals surface area contributed by atoms with Crippen LogP contribution in [-0.4, -0.2) is 166 Å². The third-order valence-electron chi connectivity index (χ3n) is 10.7. The standard InChI is InChI=1S/C44H74N12O13S2/c1-23(2)17-29(39(63)49-27(13-7-9-15-45)37(61)53-31(19-34(48)59)41(65)56-35(24(3)58)43(67)55-33(22-71)44(68)69)52-42(66)32(20-57)54-38(62)28(14-8-10-16-46)50-40(64)30(51-36(60)26(47)21-70)18-25-11-5-4-6-12-25/h4-6,11-12,23-24,26-33,35,57-58,70-71H,7-10,13-22,45-47H2,1-3H3,(H2,48,59)(H,49,63)(H,50,64)(H,51,60)(H,52,66)(H,53,61)(H,54,62)(H,55,67)(H,56,65)(H,68,69)/t24-,26+,27+,28+,29+,30+,31+,32+,33+,35+/m1/s1. The van der Waals surface area contributed by atoms with Crippen LogP contribution in [0.5, 0.6) is 0 Å². The molecule has 0 aromatic heterocycles. The maximum atomic E-state index is 14.0. The first-order chi connectivity index (χ1) is 33.5. The molecule has 19 N–H and O–H groups in total. The van der Waals surface area contributed by atoms with Crippen LogP contribution in [-0.2, 0) is 54.4 Å². The molecule has 0 radical (unpaired) electrons. The van der Waals surface area contributed by atoms with Gasteiger partial charge in [-0.15, -0.1) is 0 Å². The summed E-state index contributed by atoms with van der Waals surface area (Å²) >= 11 is 7.93. The van der Waals surface area contributed by atoms with Crippen molar-refractivity contribution in [1.29, 1.82) is 0 Å². The molecule has 9 amide bonds. The van der Waals surface area contributed by atoms with Crippen molar-refractivity contribution in [3.8, 4) is 0 Å². The van der Waals surface area contributed by atoms with Crippen LogP contribution < -0.4 is 65.5 Å². The molecule has 400 valence electrons. The molecule has 1 aromatic rings. The zero-order valence-electron chi connectivity index (χ0n) is 40.3. The number of aliphatic carboxylic acids is 1. The highest BCUT2D eigenvalue weighted by Gasteiger charge is 2.36. The lowest BCUT2D eigenvalue weighted by atomic mass is 10.0. The van der Waals surface area contributed by atoms with E-state index in [0.717, 1.165) is 6.92 Å². The Hall–Kier alpha value is -5.58. The Morgan fingerprint density at radius 1 is 0.563 bits per heavy atom. The monoisotopic (exact) mass is 1040 g/mol. The number of amides is 9. The third-order valence-corrected chi connectivity index (χ3v) is 11.4. The summed E-state index contributed by atoms with van der Waals surface area (Å²) in [6.07, 6.45) is -1.05. The van der Waals surface area contributed by atoms with Crippen LogP contribution in [0.25, 0.3) is 0 Å². The van der Waals surface area contributed by atoms with Gasteiger partial charge in [-0.25, -0.2) is 4.79 Å². The van der Waals surface area contributed by atoms with Gasteiger partial charge in [0.15, 0.2) is 0 Å². The van der Waals surface area contributed by atoms with Crippen LogP contribution in [0.4, 0.5) is 0 Å². The van der Waals surface area contributed by atoms with Gasteiger partial charge >= 0.3 is 5.97 Å². The van der Waals surface area contributed by atoms with Crippen molar-refractivity contribution in [3.05, 3.63) is 35.9 Å². The lowest BCUT2D eigenvalue weighted by molar-refractivity contribution is -0.142. The van der Waals surface area contributed by atoms with E-state index in [1.807, 2.05) is 0 Å². The van der Waals surface area contributed by atoms with Gasteiger partial charge in [0.05, 0.1) is 25.2 Å². The lowest BCUT2D eigenvalue weighted by Crippen LogP contribution is -2.62. The Morgan fingerprint density at radius 3 is 1.45 bits per heavy atom. The second-order valence-corrected chi connectivity index (χ2v) is 17.9. The van der Waals surface area contributed by atoms with Crippen LogP contribution >= 0.6 is 25.3 Å². The first-order valence-corrected chi connectivity index (χ1v) is 24.4. The van der Waals surface area contributed by atoms with Crippen molar-refractivity contribution in [3.63, 3.8) is 0 Å². The second-order valence-electron chi connectivity index (χ2n) is 17.2. The number of hydrogen-bond donors (Lipinski definition) is 17. The zero-order chi connectivity index (χ0) is 53.8. The van der Waals surface area contributed by atoms with E-state index in [0.29, 0.717) is 24.8 Å². The van der Waals surface area contributed by atoms with Crippen molar-refractivity contribution >= 4 is 84.4 Å². The fraction of sp³-hybridized carbons (Fsp3) is 0.636. The van der Waals surface area contributed by atoms with Gasteiger partial charge in [-0.1, -0.05) is 44.2 Å². The summed E-state index contributed by atoms with van der Waals surface area (Å²) in [5.74, 6) is -10.7. The highest BCUT2D eigenvalue weighted by molar-refractivity contribution is 7.80. The van der Waals surface area contributed by atoms with Crippen molar-refractivity contribution < 1.29 is 63.3 Å². The van der Waals surface area contributed by atoms with Crippen LogP contribution in [0.15, 0.2) is 30.3 Å². The van der Waals surface area contributed by atoms with E-state index in [1.54, 1.807) is 44.2 Å². The summed E-state index contributed by atoms with van der Waals surface area (Å²) in [7, 11) is 0. The van der Waals surface area contributed by atoms with E-state index < -0.39 is 133 Å². The fourth-order valence-electron chi connectivity index (χ4n) is 6.72. The van der Waals surface area contributed by atoms with Gasteiger partial charge in [-0.2, -0.15) is 25.3 Å². The van der Waals surface area contributed by atoms with Crippen LogP contribution in [0.1, 0.15) is 77.7 Å². The van der Waals surface area contributed by atoms with E-state index in [9.17, 15) is 63.3 Å². The molecular formula is C44H74N12O13S2. The highest BCUT2D eigenvalue weighted by Crippen LogP contribution is 2.11. The van der Waals surface area contributed by atoms with Crippen LogP contribution in [0, 0.1) is 5.92 Å². The van der Waals surface area contributed by atoms with Crippen molar-refractivity contribution in [1.82, 2.24) is 42.5 Å². The summed E-state index contributed by atoms with van der Waals surface area (Å²) in [4.78, 5) is 132. The number of carbonyl (C=O) groups excluding carboxylic acids is 9. The minimum absolute atomic E-state index is 0.0156. The Labute approximate surface area is 423 Å². The maximum absolute atomic E-state index is 14.0. The Morgan fingerprint density at radius 2 is 1.00 bits per heavy atom. The Bertz CT molecular complexity index is 1920. The van der Waals surface area contributed by atoms with Gasteiger partial charge in [0, 0.05) is 17.9 Å². The summed E-state index contributed by atoms with van der Waals surface area (Å²) in [5, 5.41) is 49.3. The number of hydrogen-bond acceptors (Lipinski definition) is 17. The second kappa shape index (κ2) is 33.9. The molecule has 27 heteroatoms. The summed E-state index contributed by atoms with van der Waals surface area (Å²) < 4.78 is 0. The van der Waals surface area contributed by atoms with Gasteiger partial charge in [0.25, 0.3) is 0 Å². The van der Waals surface area contributed by atoms with Gasteiger partial charge in [0.1, 0.15) is 48.3 Å². The molecule has 0 aliphatic rings. The molecule has 0 aliphatic heterocycles. The molecule has 0 heterocycles. The lowest BCUT2D eigenvalue weighted by Gasteiger charge is -2.28. The first-order valence-electron chi connectivity index (χ1n) is 23.2. The topological polar surface area (TPSA) is 432 Å². The number of thiol groups is 2. The van der Waals surface area contributed by atoms with Crippen molar-refractivity contribution in [2.75, 3.05) is 31.2 Å². The molecule has 0 bridgehead atoms. The SMILES string of the molecule is CC(C)C[C@H](NC(=O)[C@H](CO)NC(=O)[C@H](CCCCN)NC(=O)[C@H](Cc1ccccc1)NC(=O)[C@@H](N)CS)C(=O)N[C@@H](CCCCN)C(=O)N[C@@H](CC(N)=O)C(=O)N[C@H](C(=O)N[C@@H](CS)C(=O)O)[C@@H](C)O. The number of nitrogens with one attached hydrogen (secondary N) is 8. The largest absolute Gasteiger partial charge is 0.480 e. The smallest absolute Gasteiger partial charge is 0.327 e. The summed E-state index contributed by atoms with van der Waals surface area (Å²) in [6, 6.07) is -4.38. The van der Waals surface area contributed by atoms with E-state index in [2.05, 4.69) is 67.8 Å². The molecule has 0 saturated carbocycles. The molecule has 0 aliphatic carbocycles. The molecule has 10 atom stereocenters. The van der Waals surface area contributed by atoms with Crippen LogP contribution in [0.2, 0.25) is 0 Å². The third kappa shape index (κ3) is 23.9. The predicted molar refractivity (Wildman–Crippen MR) is 267 cm³/mol. The normalized spacial score (nSPS) is 15.4. The van der Waals surface area contributed by atoms with E-state index in [4.69, 9.17) is 22.9 Å². The molecule has 25 nitrogen and oxygen atoms in total. The number of aliphatic hydroxyl groups excluding tert-OH is 2. The minimum atomic E-state index is -1.78. The number of rotatable bonds is 35. The molecule has 0 saturated heterocycles. The molecule has 0 spiro atoms. The van der Waals surface area contributed by atoms with E-state index >= 15 is 0 Å². The van der Waals surface area contributed by atoms with Crippen LogP contribution in [0.3, 0.4) is 0 Å². The molecule has 0 fully saturated rings. The summed E-state index contributed by atoms with van der Waals surface area (Å²) in [5.41, 5.74) is 23.3. The van der Waals surface area contributed by atoms with Crippen molar-refractivity contribution in [2.45, 2.75) is 139 Å². The highest BCUT2D eigenvalue weighted by atomic mass is 32.1. The molecule has 1 aromatic carbocycles. The number of primary amides is 1. The first kappa shape index (κ1) is 63.4. The maximum Gasteiger partial charge on any atom is 0.327 e. The predicted octanol–water partition coefficient (Wildman–Crippen LogP) is -5.07. The van der Waals surface area contributed by atoms with Gasteiger partial charge in [0.2, 0.25) is 53.2 Å². The Balaban J connectivity index is 3.40. The van der Waals surface area contributed by atoms with E-state index in [1.165, 1.54) is 0 Å². The van der Waals surface area contributed by atoms with E-state index in [-0.39, 0.29) is 62.6 Å². The number of benzene rings is 1. The average Bonchev–Trinajstić information content (AvgIpc) is 3.31. The van der Waals surface area contributed by atoms with Gasteiger partial charge in [-0.05, 0) is 76.4 Å². The molecule has 71 heavy (non-hydrogen) atoms. The molecule has 0 unspecified atom stereocenters. The number of carboxylic acid groups (broad SMARTS) is 1. The Kier molecular flexibility index (Phi) is 30.3. The van der Waals surface area contributed by atoms with Gasteiger partial charge < -0.3 is 80.8 Å². The fourth-order valence-corrected chi connectivity index (χ4v) is 7.13. The number of carbonyl (C=O) groups is 10. The number of aliphatic hydroxyl groups is 2. The quantitative estimate of drug-likeness (QED) is 0.0223. The number of nitrogens with two attached hydrogens (primary N) is 4. The van der Waals surface area contributed by atoms with Crippen molar-refractivity contribution in [2.24, 2.45) is 28.9 Å².